The van der Waals surface area contributed by atoms with Gasteiger partial charge in [-0.15, -0.1) is 0 Å². The summed E-state index contributed by atoms with van der Waals surface area (Å²) in [7, 11) is 1.93. The topological polar surface area (TPSA) is 59.6 Å². The van der Waals surface area contributed by atoms with Crippen molar-refractivity contribution < 1.29 is 4.39 Å². The summed E-state index contributed by atoms with van der Waals surface area (Å²) in [5, 5.41) is 5.44. The van der Waals surface area contributed by atoms with Gasteiger partial charge in [0.05, 0.1) is 5.69 Å². The van der Waals surface area contributed by atoms with Gasteiger partial charge in [0, 0.05) is 42.3 Å². The van der Waals surface area contributed by atoms with E-state index in [0.717, 1.165) is 27.9 Å². The molecule has 0 aliphatic rings. The fourth-order valence-electron chi connectivity index (χ4n) is 2.92. The van der Waals surface area contributed by atoms with E-state index in [-0.39, 0.29) is 11.7 Å². The van der Waals surface area contributed by atoms with Gasteiger partial charge in [0.25, 0.3) is 0 Å². The lowest BCUT2D eigenvalue weighted by Crippen LogP contribution is -2.16. The summed E-state index contributed by atoms with van der Waals surface area (Å²) >= 11 is 0. The number of hydrogen-bond acceptors (Lipinski definition) is 2. The molecule has 0 aliphatic heterocycles. The van der Waals surface area contributed by atoms with Crippen molar-refractivity contribution in [2.75, 3.05) is 6.54 Å². The van der Waals surface area contributed by atoms with Crippen LogP contribution in [0.15, 0.2) is 30.5 Å². The van der Waals surface area contributed by atoms with E-state index in [9.17, 15) is 4.39 Å². The number of aromatic amines is 1. The molecule has 3 N–H and O–H groups in total. The van der Waals surface area contributed by atoms with Crippen molar-refractivity contribution >= 4 is 10.9 Å². The molecule has 0 bridgehead atoms. The van der Waals surface area contributed by atoms with Crippen molar-refractivity contribution in [1.29, 1.82) is 0 Å². The molecule has 1 aromatic carbocycles. The number of rotatable bonds is 4. The second-order valence-electron chi connectivity index (χ2n) is 5.99. The predicted octanol–water partition coefficient (Wildman–Crippen LogP) is 3.25. The normalized spacial score (nSPS) is 13.2. The van der Waals surface area contributed by atoms with Crippen molar-refractivity contribution in [3.8, 4) is 0 Å². The number of aromatic nitrogens is 3. The largest absolute Gasteiger partial charge is 0.361 e. The number of fused-ring (bicyclic) bond motifs is 1. The summed E-state index contributed by atoms with van der Waals surface area (Å²) in [6.45, 7) is 4.68. The summed E-state index contributed by atoms with van der Waals surface area (Å²) in [6, 6.07) is 6.87. The van der Waals surface area contributed by atoms with Gasteiger partial charge in [-0.3, -0.25) is 4.68 Å². The number of nitrogens with zero attached hydrogens (tertiary/aromatic N) is 2. The van der Waals surface area contributed by atoms with E-state index in [1.165, 1.54) is 6.07 Å². The zero-order chi connectivity index (χ0) is 15.9. The van der Waals surface area contributed by atoms with Crippen LogP contribution in [0.5, 0.6) is 0 Å². The molecule has 5 heteroatoms. The first-order chi connectivity index (χ1) is 10.5. The van der Waals surface area contributed by atoms with Crippen LogP contribution in [0.2, 0.25) is 0 Å². The van der Waals surface area contributed by atoms with Crippen molar-refractivity contribution in [1.82, 2.24) is 14.8 Å². The average Bonchev–Trinajstić information content (AvgIpc) is 3.05. The van der Waals surface area contributed by atoms with Crippen molar-refractivity contribution in [3.05, 3.63) is 53.2 Å². The fourth-order valence-corrected chi connectivity index (χ4v) is 2.92. The van der Waals surface area contributed by atoms with Crippen LogP contribution in [-0.2, 0) is 7.05 Å². The summed E-state index contributed by atoms with van der Waals surface area (Å²) in [5.41, 5.74) is 10.1. The molecule has 3 aromatic rings. The van der Waals surface area contributed by atoms with Crippen LogP contribution in [0.4, 0.5) is 4.39 Å². The molecule has 116 valence electrons. The van der Waals surface area contributed by atoms with Crippen LogP contribution in [0.25, 0.3) is 10.9 Å². The molecule has 4 nitrogen and oxygen atoms in total. The van der Waals surface area contributed by atoms with Gasteiger partial charge in [-0.1, -0.05) is 13.8 Å². The highest BCUT2D eigenvalue weighted by molar-refractivity contribution is 5.84. The van der Waals surface area contributed by atoms with Crippen LogP contribution in [0.1, 0.15) is 42.6 Å². The summed E-state index contributed by atoms with van der Waals surface area (Å²) in [4.78, 5) is 3.20. The first kappa shape index (κ1) is 14.8. The van der Waals surface area contributed by atoms with Crippen molar-refractivity contribution in [2.45, 2.75) is 25.7 Å². The van der Waals surface area contributed by atoms with Crippen LogP contribution in [0, 0.1) is 5.82 Å². The summed E-state index contributed by atoms with van der Waals surface area (Å²) in [5.74, 6) is 0.108. The maximum absolute atomic E-state index is 13.6. The van der Waals surface area contributed by atoms with Crippen molar-refractivity contribution in [2.24, 2.45) is 12.8 Å². The lowest BCUT2D eigenvalue weighted by molar-refractivity contribution is 0.629. The third-order valence-corrected chi connectivity index (χ3v) is 4.17. The van der Waals surface area contributed by atoms with E-state index < -0.39 is 0 Å². The molecule has 0 aliphatic carbocycles. The summed E-state index contributed by atoms with van der Waals surface area (Å²) in [6.07, 6.45) is 1.92. The molecule has 2 aromatic heterocycles. The third kappa shape index (κ3) is 2.41. The highest BCUT2D eigenvalue weighted by Crippen LogP contribution is 2.31. The van der Waals surface area contributed by atoms with E-state index >= 15 is 0 Å². The minimum Gasteiger partial charge on any atom is -0.361 e. The number of H-pyrrole nitrogens is 1. The van der Waals surface area contributed by atoms with Crippen LogP contribution in [-0.4, -0.2) is 21.3 Å². The lowest BCUT2D eigenvalue weighted by atomic mass is 9.94. The molecular weight excluding hydrogens is 279 g/mol. The molecule has 1 unspecified atom stereocenters. The van der Waals surface area contributed by atoms with Gasteiger partial charge in [-0.05, 0) is 35.7 Å². The Morgan fingerprint density at radius 3 is 2.73 bits per heavy atom. The quantitative estimate of drug-likeness (QED) is 0.777. The Kier molecular flexibility index (Phi) is 3.74. The molecule has 0 spiro atoms. The number of benzene rings is 1. The highest BCUT2D eigenvalue weighted by Gasteiger charge is 2.21. The van der Waals surface area contributed by atoms with Gasteiger partial charge in [0.2, 0.25) is 0 Å². The van der Waals surface area contributed by atoms with Gasteiger partial charge in [-0.2, -0.15) is 5.10 Å². The number of aryl methyl sites for hydroxylation is 1. The first-order valence-electron chi connectivity index (χ1n) is 7.51. The number of halogens is 1. The van der Waals surface area contributed by atoms with Gasteiger partial charge < -0.3 is 10.7 Å². The van der Waals surface area contributed by atoms with Crippen LogP contribution >= 0.6 is 0 Å². The van der Waals surface area contributed by atoms with E-state index in [0.29, 0.717) is 12.5 Å². The lowest BCUT2D eigenvalue weighted by Gasteiger charge is -2.14. The maximum Gasteiger partial charge on any atom is 0.123 e. The third-order valence-electron chi connectivity index (χ3n) is 4.17. The van der Waals surface area contributed by atoms with E-state index in [4.69, 9.17) is 5.73 Å². The molecule has 0 saturated heterocycles. The maximum atomic E-state index is 13.6. The van der Waals surface area contributed by atoms with Crippen LogP contribution in [0.3, 0.4) is 0 Å². The van der Waals surface area contributed by atoms with E-state index in [1.807, 2.05) is 17.9 Å². The van der Waals surface area contributed by atoms with Gasteiger partial charge in [-0.25, -0.2) is 4.39 Å². The fraction of sp³-hybridized carbons (Fsp3) is 0.353. The first-order valence-corrected chi connectivity index (χ1v) is 7.51. The molecular formula is C17H21FN4. The zero-order valence-corrected chi connectivity index (χ0v) is 13.1. The Morgan fingerprint density at radius 1 is 1.32 bits per heavy atom. The standard InChI is InChI=1S/C17H21FN4/c1-10(2)16-7-17(22(3)21-16)13(8-19)14-9-20-15-5-4-11(18)6-12(14)15/h4-7,9-10,13,20H,8,19H2,1-3H3. The van der Waals surface area contributed by atoms with Gasteiger partial charge >= 0.3 is 0 Å². The Hall–Kier alpha value is -2.14. The minimum atomic E-state index is -0.239. The molecule has 22 heavy (non-hydrogen) atoms. The van der Waals surface area contributed by atoms with Gasteiger partial charge in [0.15, 0.2) is 0 Å². The minimum absolute atomic E-state index is 0.0134. The highest BCUT2D eigenvalue weighted by atomic mass is 19.1. The predicted molar refractivity (Wildman–Crippen MR) is 86.5 cm³/mol. The SMILES string of the molecule is CC(C)c1cc(C(CN)c2c[nH]c3ccc(F)cc23)n(C)n1. The Morgan fingerprint density at radius 2 is 2.09 bits per heavy atom. The molecule has 0 radical (unpaired) electrons. The number of hydrogen-bond donors (Lipinski definition) is 2. The second-order valence-corrected chi connectivity index (χ2v) is 5.99. The van der Waals surface area contributed by atoms with Gasteiger partial charge in [0.1, 0.15) is 5.82 Å². The molecule has 1 atom stereocenters. The molecule has 0 saturated carbocycles. The van der Waals surface area contributed by atoms with E-state index in [1.54, 1.807) is 12.1 Å². The molecule has 0 fully saturated rings. The Bertz CT molecular complexity index is 800. The van der Waals surface area contributed by atoms with E-state index in [2.05, 4.69) is 30.0 Å². The number of nitrogens with two attached hydrogens (primary N) is 1. The monoisotopic (exact) mass is 300 g/mol. The Balaban J connectivity index is 2.12. The number of nitrogens with one attached hydrogen (secondary N) is 1. The molecule has 2 heterocycles. The second kappa shape index (κ2) is 5.57. The van der Waals surface area contributed by atoms with Crippen LogP contribution < -0.4 is 5.73 Å². The zero-order valence-electron chi connectivity index (χ0n) is 13.1. The molecule has 0 amide bonds. The molecule has 3 rings (SSSR count). The van der Waals surface area contributed by atoms with Crippen molar-refractivity contribution in [3.63, 3.8) is 0 Å². The smallest absolute Gasteiger partial charge is 0.123 e. The average molecular weight is 300 g/mol. The Labute approximate surface area is 129 Å². The summed E-state index contributed by atoms with van der Waals surface area (Å²) < 4.78 is 15.5.